The van der Waals surface area contributed by atoms with Crippen LogP contribution in [0.1, 0.15) is 39.6 Å². The second kappa shape index (κ2) is 6.08. The van der Waals surface area contributed by atoms with Crippen molar-refractivity contribution in [3.63, 3.8) is 0 Å². The van der Waals surface area contributed by atoms with Crippen LogP contribution in [0.5, 0.6) is 0 Å². The number of nitrogens with one attached hydrogen (secondary N) is 1. The van der Waals surface area contributed by atoms with Crippen LogP contribution in [-0.4, -0.2) is 49.7 Å². The Balaban J connectivity index is 1.43. The number of H-pyrrole nitrogens is 1. The third kappa shape index (κ3) is 2.88. The molecule has 0 saturated carbocycles. The van der Waals surface area contributed by atoms with E-state index in [4.69, 9.17) is 5.11 Å². The van der Waals surface area contributed by atoms with Gasteiger partial charge >= 0.3 is 5.97 Å². The van der Waals surface area contributed by atoms with Crippen LogP contribution >= 0.6 is 0 Å². The highest BCUT2D eigenvalue weighted by Crippen LogP contribution is 2.24. The normalized spacial score (nSPS) is 15.6. The summed E-state index contributed by atoms with van der Waals surface area (Å²) in [5.41, 5.74) is 1.90. The predicted octanol–water partition coefficient (Wildman–Crippen LogP) is 2.54. The number of hydrogen-bond acceptors (Lipinski definition) is 3. The first-order valence-electron chi connectivity index (χ1n) is 8.26. The van der Waals surface area contributed by atoms with Crippen molar-refractivity contribution in [2.75, 3.05) is 13.1 Å². The van der Waals surface area contributed by atoms with E-state index in [-0.39, 0.29) is 17.5 Å². The molecule has 0 spiro atoms. The largest absolute Gasteiger partial charge is 0.478 e. The van der Waals surface area contributed by atoms with Gasteiger partial charge in [-0.3, -0.25) is 9.48 Å². The zero-order chi connectivity index (χ0) is 17.4. The Hall–Kier alpha value is -3.09. The van der Waals surface area contributed by atoms with Crippen LogP contribution in [0, 0.1) is 0 Å². The van der Waals surface area contributed by atoms with Crippen molar-refractivity contribution < 1.29 is 14.7 Å². The average molecular weight is 338 g/mol. The van der Waals surface area contributed by atoms with Crippen molar-refractivity contribution in [2.45, 2.75) is 18.9 Å². The highest BCUT2D eigenvalue weighted by atomic mass is 16.4. The van der Waals surface area contributed by atoms with Gasteiger partial charge in [-0.05, 0) is 37.1 Å². The van der Waals surface area contributed by atoms with Gasteiger partial charge in [0.05, 0.1) is 17.8 Å². The van der Waals surface area contributed by atoms with E-state index in [0.717, 1.165) is 23.7 Å². The van der Waals surface area contributed by atoms with Crippen molar-refractivity contribution >= 4 is 22.8 Å². The number of benzene rings is 1. The highest BCUT2D eigenvalue weighted by molar-refractivity contribution is 5.98. The molecule has 1 saturated heterocycles. The minimum absolute atomic E-state index is 0.0354. The number of hydrogen-bond donors (Lipinski definition) is 2. The lowest BCUT2D eigenvalue weighted by Gasteiger charge is -2.32. The van der Waals surface area contributed by atoms with Gasteiger partial charge in [0.2, 0.25) is 0 Å². The molecule has 25 heavy (non-hydrogen) atoms. The molecule has 1 fully saturated rings. The van der Waals surface area contributed by atoms with Crippen molar-refractivity contribution in [3.05, 3.63) is 54.0 Å². The van der Waals surface area contributed by atoms with Crippen LogP contribution < -0.4 is 0 Å². The van der Waals surface area contributed by atoms with Crippen molar-refractivity contribution in [1.29, 1.82) is 0 Å². The molecule has 1 amide bonds. The molecule has 0 aliphatic carbocycles. The molecular weight excluding hydrogens is 320 g/mol. The number of carbonyl (C=O) groups is 2. The van der Waals surface area contributed by atoms with Gasteiger partial charge in [0, 0.05) is 41.9 Å². The molecule has 2 N–H and O–H groups in total. The maximum Gasteiger partial charge on any atom is 0.338 e. The van der Waals surface area contributed by atoms with Crippen LogP contribution in [0.25, 0.3) is 10.9 Å². The summed E-state index contributed by atoms with van der Waals surface area (Å²) in [5.74, 6) is -0.938. The summed E-state index contributed by atoms with van der Waals surface area (Å²) in [4.78, 5) is 28.7. The number of carboxylic acids is 1. The summed E-state index contributed by atoms with van der Waals surface area (Å²) in [6.07, 6.45) is 6.31. The van der Waals surface area contributed by atoms with Crippen LogP contribution in [0.15, 0.2) is 42.9 Å². The third-order valence-corrected chi connectivity index (χ3v) is 4.77. The smallest absolute Gasteiger partial charge is 0.338 e. The van der Waals surface area contributed by atoms with E-state index in [1.807, 2.05) is 35.4 Å². The maximum atomic E-state index is 12.7. The predicted molar refractivity (Wildman–Crippen MR) is 91.7 cm³/mol. The van der Waals surface area contributed by atoms with Crippen molar-refractivity contribution in [3.8, 4) is 0 Å². The second-order valence-corrected chi connectivity index (χ2v) is 6.32. The van der Waals surface area contributed by atoms with Gasteiger partial charge in [0.1, 0.15) is 0 Å². The molecule has 0 atom stereocenters. The van der Waals surface area contributed by atoms with Gasteiger partial charge in [-0.2, -0.15) is 5.10 Å². The summed E-state index contributed by atoms with van der Waals surface area (Å²) >= 11 is 0. The number of likely N-dealkylation sites (tertiary alicyclic amines) is 1. The summed E-state index contributed by atoms with van der Waals surface area (Å²) in [6, 6.07) is 7.76. The summed E-state index contributed by atoms with van der Waals surface area (Å²) in [5, 5.41) is 14.2. The van der Waals surface area contributed by atoms with Crippen molar-refractivity contribution in [1.82, 2.24) is 19.7 Å². The number of aromatic carboxylic acids is 1. The number of rotatable bonds is 3. The topological polar surface area (TPSA) is 91.2 Å². The van der Waals surface area contributed by atoms with E-state index >= 15 is 0 Å². The molecule has 2 aromatic heterocycles. The quantitative estimate of drug-likeness (QED) is 0.768. The van der Waals surface area contributed by atoms with Gasteiger partial charge in [-0.25, -0.2) is 4.79 Å². The van der Waals surface area contributed by atoms with Crippen molar-refractivity contribution in [2.24, 2.45) is 0 Å². The Bertz CT molecular complexity index is 935. The zero-order valence-electron chi connectivity index (χ0n) is 13.6. The lowest BCUT2D eigenvalue weighted by molar-refractivity contribution is 0.0688. The van der Waals surface area contributed by atoms with E-state index in [0.29, 0.717) is 18.7 Å². The first kappa shape index (κ1) is 15.4. The Morgan fingerprint density at radius 1 is 1.16 bits per heavy atom. The third-order valence-electron chi connectivity index (χ3n) is 4.77. The van der Waals surface area contributed by atoms with E-state index in [9.17, 15) is 9.59 Å². The summed E-state index contributed by atoms with van der Waals surface area (Å²) < 4.78 is 1.71. The number of nitrogens with zero attached hydrogens (tertiary/aromatic N) is 3. The van der Waals surface area contributed by atoms with Gasteiger partial charge < -0.3 is 15.0 Å². The van der Waals surface area contributed by atoms with Gasteiger partial charge in [0.25, 0.3) is 5.91 Å². The fourth-order valence-corrected chi connectivity index (χ4v) is 3.35. The van der Waals surface area contributed by atoms with Crippen LogP contribution in [0.3, 0.4) is 0 Å². The maximum absolute atomic E-state index is 12.7. The number of aromatic amines is 1. The zero-order valence-corrected chi connectivity index (χ0v) is 13.6. The van der Waals surface area contributed by atoms with Crippen LogP contribution in [0.4, 0.5) is 0 Å². The molecule has 3 heterocycles. The molecule has 3 aromatic rings. The van der Waals surface area contributed by atoms with E-state index in [1.54, 1.807) is 10.9 Å². The first-order chi connectivity index (χ1) is 12.1. The molecule has 0 unspecified atom stereocenters. The van der Waals surface area contributed by atoms with Gasteiger partial charge in [-0.1, -0.05) is 0 Å². The molecule has 0 radical (unpaired) electrons. The van der Waals surface area contributed by atoms with Crippen LogP contribution in [0.2, 0.25) is 0 Å². The average Bonchev–Trinajstić information content (AvgIpc) is 3.30. The summed E-state index contributed by atoms with van der Waals surface area (Å²) in [6.45, 7) is 1.27. The molecule has 128 valence electrons. The number of carbonyl (C=O) groups excluding carboxylic acids is 1. The standard InChI is InChI=1S/C18H18N4O3/c23-17(13-1-2-16-12(9-13)3-6-19-16)21-7-4-15(5-8-21)22-11-14(10-20-22)18(24)25/h1-3,6,9-11,15,19H,4-5,7-8H2,(H,24,25). The van der Waals surface area contributed by atoms with Crippen LogP contribution in [-0.2, 0) is 0 Å². The Kier molecular flexibility index (Phi) is 3.76. The fourth-order valence-electron chi connectivity index (χ4n) is 3.35. The summed E-state index contributed by atoms with van der Waals surface area (Å²) in [7, 11) is 0. The second-order valence-electron chi connectivity index (χ2n) is 6.32. The number of carboxylic acid groups (broad SMARTS) is 1. The van der Waals surface area contributed by atoms with E-state index < -0.39 is 5.97 Å². The van der Waals surface area contributed by atoms with Gasteiger partial charge in [-0.15, -0.1) is 0 Å². The number of fused-ring (bicyclic) bond motifs is 1. The fraction of sp³-hybridized carbons (Fsp3) is 0.278. The lowest BCUT2D eigenvalue weighted by atomic mass is 10.0. The molecule has 4 rings (SSSR count). The van der Waals surface area contributed by atoms with E-state index in [1.165, 1.54) is 6.20 Å². The first-order valence-corrected chi connectivity index (χ1v) is 8.26. The molecular formula is C18H18N4O3. The van der Waals surface area contributed by atoms with Gasteiger partial charge in [0.15, 0.2) is 0 Å². The molecule has 7 heteroatoms. The monoisotopic (exact) mass is 338 g/mol. The minimum Gasteiger partial charge on any atom is -0.478 e. The lowest BCUT2D eigenvalue weighted by Crippen LogP contribution is -2.39. The number of aromatic nitrogens is 3. The number of amides is 1. The molecule has 0 bridgehead atoms. The SMILES string of the molecule is O=C(O)c1cnn(C2CCN(C(=O)c3ccc4[nH]ccc4c3)CC2)c1. The van der Waals surface area contributed by atoms with E-state index in [2.05, 4.69) is 10.1 Å². The Morgan fingerprint density at radius 2 is 1.96 bits per heavy atom. The Morgan fingerprint density at radius 3 is 2.68 bits per heavy atom. The Labute approximate surface area is 143 Å². The molecule has 7 nitrogen and oxygen atoms in total. The molecule has 1 aromatic carbocycles. The molecule has 1 aliphatic rings. The number of piperidine rings is 1. The molecule has 1 aliphatic heterocycles. The minimum atomic E-state index is -0.973. The highest BCUT2D eigenvalue weighted by Gasteiger charge is 2.25.